The maximum atomic E-state index is 11.8. The van der Waals surface area contributed by atoms with Gasteiger partial charge in [-0.3, -0.25) is 0 Å². The largest absolute Gasteiger partial charge is 0.334 e. The first kappa shape index (κ1) is 14.3. The van der Waals surface area contributed by atoms with Crippen molar-refractivity contribution in [3.63, 3.8) is 0 Å². The van der Waals surface area contributed by atoms with E-state index in [-0.39, 0.29) is 6.03 Å². The van der Waals surface area contributed by atoms with E-state index in [2.05, 4.69) is 49.2 Å². The van der Waals surface area contributed by atoms with E-state index in [0.29, 0.717) is 6.54 Å². The minimum absolute atomic E-state index is 0.202. The van der Waals surface area contributed by atoms with Crippen LogP contribution in [0.5, 0.6) is 0 Å². The quantitative estimate of drug-likeness (QED) is 0.697. The molecule has 0 saturated heterocycles. The Labute approximate surface area is 134 Å². The summed E-state index contributed by atoms with van der Waals surface area (Å²) in [6, 6.07) is 15.3. The Hall–Kier alpha value is -1.08. The third kappa shape index (κ3) is 4.50. The zero-order chi connectivity index (χ0) is 13.7. The van der Waals surface area contributed by atoms with Crippen LogP contribution in [-0.4, -0.2) is 6.03 Å². The fourth-order valence-electron chi connectivity index (χ4n) is 1.51. The molecule has 0 saturated carbocycles. The van der Waals surface area contributed by atoms with E-state index in [4.69, 9.17) is 0 Å². The standard InChI is InChI=1S/C14H12BrIN2O/c15-11-7-5-10(6-8-11)9-17-14(19)18-13-4-2-1-3-12(13)16/h1-8H,9H2,(H2,17,18,19). The van der Waals surface area contributed by atoms with E-state index in [1.807, 2.05) is 48.5 Å². The molecule has 2 aromatic carbocycles. The minimum Gasteiger partial charge on any atom is -0.334 e. The molecule has 0 spiro atoms. The number of para-hydroxylation sites is 1. The van der Waals surface area contributed by atoms with Crippen molar-refractivity contribution >= 4 is 50.2 Å². The molecule has 98 valence electrons. The number of urea groups is 1. The van der Waals surface area contributed by atoms with Crippen molar-refractivity contribution in [2.45, 2.75) is 6.54 Å². The summed E-state index contributed by atoms with van der Waals surface area (Å²) in [4.78, 5) is 11.8. The summed E-state index contributed by atoms with van der Waals surface area (Å²) in [5, 5.41) is 5.65. The van der Waals surface area contributed by atoms with Crippen molar-refractivity contribution in [3.05, 3.63) is 62.1 Å². The van der Waals surface area contributed by atoms with Crippen LogP contribution >= 0.6 is 38.5 Å². The molecule has 2 rings (SSSR count). The number of anilines is 1. The summed E-state index contributed by atoms with van der Waals surface area (Å²) in [6.07, 6.45) is 0. The van der Waals surface area contributed by atoms with Crippen molar-refractivity contribution in [1.29, 1.82) is 0 Å². The number of carbonyl (C=O) groups is 1. The van der Waals surface area contributed by atoms with Crippen LogP contribution in [0, 0.1) is 3.57 Å². The zero-order valence-corrected chi connectivity index (χ0v) is 13.7. The molecule has 0 aromatic heterocycles. The second-order valence-electron chi connectivity index (χ2n) is 3.91. The lowest BCUT2D eigenvalue weighted by Gasteiger charge is -2.09. The molecule has 0 bridgehead atoms. The molecule has 2 amide bonds. The highest BCUT2D eigenvalue weighted by Crippen LogP contribution is 2.16. The van der Waals surface area contributed by atoms with Gasteiger partial charge in [-0.05, 0) is 52.4 Å². The molecule has 0 aliphatic carbocycles. The van der Waals surface area contributed by atoms with Crippen molar-refractivity contribution < 1.29 is 4.79 Å². The van der Waals surface area contributed by atoms with Crippen molar-refractivity contribution in [2.24, 2.45) is 0 Å². The molecule has 2 aromatic rings. The van der Waals surface area contributed by atoms with Gasteiger partial charge >= 0.3 is 6.03 Å². The smallest absolute Gasteiger partial charge is 0.319 e. The number of hydrogen-bond acceptors (Lipinski definition) is 1. The van der Waals surface area contributed by atoms with Gasteiger partial charge in [0.15, 0.2) is 0 Å². The second-order valence-corrected chi connectivity index (χ2v) is 5.99. The predicted molar refractivity (Wildman–Crippen MR) is 89.2 cm³/mol. The normalized spacial score (nSPS) is 10.0. The average Bonchev–Trinajstić information content (AvgIpc) is 2.41. The van der Waals surface area contributed by atoms with Gasteiger partial charge in [0.2, 0.25) is 0 Å². The Balaban J connectivity index is 1.88. The number of halogens is 2. The summed E-state index contributed by atoms with van der Waals surface area (Å²) in [5.74, 6) is 0. The highest BCUT2D eigenvalue weighted by Gasteiger charge is 2.04. The summed E-state index contributed by atoms with van der Waals surface area (Å²) in [5.41, 5.74) is 1.87. The zero-order valence-electron chi connectivity index (χ0n) is 9.99. The van der Waals surface area contributed by atoms with E-state index in [9.17, 15) is 4.79 Å². The molecular formula is C14H12BrIN2O. The van der Waals surface area contributed by atoms with E-state index in [0.717, 1.165) is 19.3 Å². The van der Waals surface area contributed by atoms with Crippen LogP contribution < -0.4 is 10.6 Å². The van der Waals surface area contributed by atoms with Crippen LogP contribution in [0.15, 0.2) is 53.0 Å². The van der Waals surface area contributed by atoms with Crippen molar-refractivity contribution in [3.8, 4) is 0 Å². The molecule has 2 N–H and O–H groups in total. The van der Waals surface area contributed by atoms with Gasteiger partial charge in [-0.2, -0.15) is 0 Å². The van der Waals surface area contributed by atoms with Crippen LogP contribution in [0.25, 0.3) is 0 Å². The topological polar surface area (TPSA) is 41.1 Å². The first-order valence-corrected chi connectivity index (χ1v) is 7.56. The third-order valence-electron chi connectivity index (χ3n) is 2.49. The summed E-state index contributed by atoms with van der Waals surface area (Å²) < 4.78 is 2.04. The third-order valence-corrected chi connectivity index (χ3v) is 3.96. The van der Waals surface area contributed by atoms with Gasteiger partial charge in [-0.15, -0.1) is 0 Å². The fourth-order valence-corrected chi connectivity index (χ4v) is 2.30. The number of rotatable bonds is 3. The monoisotopic (exact) mass is 430 g/mol. The lowest BCUT2D eigenvalue weighted by molar-refractivity contribution is 0.251. The minimum atomic E-state index is -0.202. The Morgan fingerprint density at radius 3 is 2.47 bits per heavy atom. The highest BCUT2D eigenvalue weighted by molar-refractivity contribution is 14.1. The maximum Gasteiger partial charge on any atom is 0.319 e. The van der Waals surface area contributed by atoms with Gasteiger partial charge in [0, 0.05) is 14.6 Å². The van der Waals surface area contributed by atoms with E-state index in [1.54, 1.807) is 0 Å². The second kappa shape index (κ2) is 6.91. The van der Waals surface area contributed by atoms with Crippen LogP contribution in [0.1, 0.15) is 5.56 Å². The van der Waals surface area contributed by atoms with E-state index >= 15 is 0 Å². The van der Waals surface area contributed by atoms with Gasteiger partial charge < -0.3 is 10.6 Å². The molecule has 0 heterocycles. The number of benzene rings is 2. The Morgan fingerprint density at radius 1 is 1.11 bits per heavy atom. The fraction of sp³-hybridized carbons (Fsp3) is 0.0714. The molecule has 0 unspecified atom stereocenters. The van der Waals surface area contributed by atoms with Crippen LogP contribution in [0.3, 0.4) is 0 Å². The lowest BCUT2D eigenvalue weighted by Crippen LogP contribution is -2.28. The molecule has 0 aliphatic heterocycles. The van der Waals surface area contributed by atoms with Crippen molar-refractivity contribution in [1.82, 2.24) is 5.32 Å². The van der Waals surface area contributed by atoms with Gasteiger partial charge in [0.1, 0.15) is 0 Å². The van der Waals surface area contributed by atoms with E-state index < -0.39 is 0 Å². The first-order valence-electron chi connectivity index (χ1n) is 5.69. The number of nitrogens with one attached hydrogen (secondary N) is 2. The lowest BCUT2D eigenvalue weighted by atomic mass is 10.2. The average molecular weight is 431 g/mol. The Kier molecular flexibility index (Phi) is 5.21. The first-order chi connectivity index (χ1) is 9.15. The predicted octanol–water partition coefficient (Wildman–Crippen LogP) is 4.38. The molecule has 0 radical (unpaired) electrons. The molecular weight excluding hydrogens is 419 g/mol. The number of carbonyl (C=O) groups excluding carboxylic acids is 1. The number of hydrogen-bond donors (Lipinski definition) is 2. The van der Waals surface area contributed by atoms with E-state index in [1.165, 1.54) is 0 Å². The summed E-state index contributed by atoms with van der Waals surface area (Å²) in [6.45, 7) is 0.503. The molecule has 19 heavy (non-hydrogen) atoms. The molecule has 0 fully saturated rings. The van der Waals surface area contributed by atoms with Crippen LogP contribution in [0.2, 0.25) is 0 Å². The highest BCUT2D eigenvalue weighted by atomic mass is 127. The van der Waals surface area contributed by atoms with Gasteiger partial charge in [-0.25, -0.2) is 4.79 Å². The molecule has 3 nitrogen and oxygen atoms in total. The molecule has 0 aliphatic rings. The number of amides is 2. The Bertz CT molecular complexity index is 572. The van der Waals surface area contributed by atoms with Crippen LogP contribution in [0.4, 0.5) is 10.5 Å². The Morgan fingerprint density at radius 2 is 1.79 bits per heavy atom. The van der Waals surface area contributed by atoms with Gasteiger partial charge in [0.05, 0.1) is 5.69 Å². The van der Waals surface area contributed by atoms with Gasteiger partial charge in [0.25, 0.3) is 0 Å². The summed E-state index contributed by atoms with van der Waals surface area (Å²) in [7, 11) is 0. The van der Waals surface area contributed by atoms with Crippen molar-refractivity contribution in [2.75, 3.05) is 5.32 Å². The van der Waals surface area contributed by atoms with Crippen LogP contribution in [-0.2, 0) is 6.54 Å². The van der Waals surface area contributed by atoms with Gasteiger partial charge in [-0.1, -0.05) is 40.2 Å². The maximum absolute atomic E-state index is 11.8. The molecule has 0 atom stereocenters. The SMILES string of the molecule is O=C(NCc1ccc(Br)cc1)Nc1ccccc1I. The molecule has 5 heteroatoms. The summed E-state index contributed by atoms with van der Waals surface area (Å²) >= 11 is 5.57.